The molecule has 1 N–H and O–H groups in total. The van der Waals surface area contributed by atoms with Crippen LogP contribution in [0.4, 0.5) is 0 Å². The summed E-state index contributed by atoms with van der Waals surface area (Å²) in [5.41, 5.74) is 1.76. The van der Waals surface area contributed by atoms with Crippen molar-refractivity contribution < 1.29 is 5.11 Å². The van der Waals surface area contributed by atoms with Crippen LogP contribution in [0.1, 0.15) is 5.56 Å². The van der Waals surface area contributed by atoms with Gasteiger partial charge in [-0.15, -0.1) is 0 Å². The van der Waals surface area contributed by atoms with E-state index >= 15 is 0 Å². The number of pyridine rings is 1. The molecule has 2 rings (SSSR count). The van der Waals surface area contributed by atoms with Crippen LogP contribution < -0.4 is 0 Å². The maximum atomic E-state index is 8.86. The number of aromatic nitrogens is 1. The van der Waals surface area contributed by atoms with Gasteiger partial charge in [-0.1, -0.05) is 12.1 Å². The van der Waals surface area contributed by atoms with Crippen LogP contribution in [-0.2, 0) is 6.61 Å². The van der Waals surface area contributed by atoms with E-state index in [0.29, 0.717) is 0 Å². The summed E-state index contributed by atoms with van der Waals surface area (Å²) in [5.74, 6) is 0. The normalized spacial score (nSPS) is 10.4. The van der Waals surface area contributed by atoms with Gasteiger partial charge in [0.25, 0.3) is 0 Å². The van der Waals surface area contributed by atoms with Crippen molar-refractivity contribution in [3.8, 4) is 0 Å². The largest absolute Gasteiger partial charge is 0.392 e. The Morgan fingerprint density at radius 1 is 1.42 bits per heavy atom. The summed E-state index contributed by atoms with van der Waals surface area (Å²) in [6.07, 6.45) is 1.70. The highest BCUT2D eigenvalue weighted by Crippen LogP contribution is 2.12. The molecule has 0 aliphatic carbocycles. The molecule has 0 bridgehead atoms. The Morgan fingerprint density at radius 2 is 2.33 bits per heavy atom. The van der Waals surface area contributed by atoms with Gasteiger partial charge in [0.2, 0.25) is 0 Å². The molecule has 0 aliphatic heterocycles. The summed E-state index contributed by atoms with van der Waals surface area (Å²) < 4.78 is 0. The van der Waals surface area contributed by atoms with E-state index in [9.17, 15) is 0 Å². The van der Waals surface area contributed by atoms with Crippen LogP contribution in [0.3, 0.4) is 0 Å². The van der Waals surface area contributed by atoms with E-state index in [0.717, 1.165) is 16.5 Å². The second-order valence-corrected chi connectivity index (χ2v) is 2.60. The maximum Gasteiger partial charge on any atom is 0.0711 e. The number of hydrogen-bond donors (Lipinski definition) is 1. The highest BCUT2D eigenvalue weighted by molar-refractivity contribution is 5.78. The van der Waals surface area contributed by atoms with Crippen molar-refractivity contribution in [1.82, 2.24) is 4.98 Å². The van der Waals surface area contributed by atoms with Gasteiger partial charge in [-0.25, -0.2) is 0 Å². The van der Waals surface area contributed by atoms with E-state index < -0.39 is 0 Å². The standard InChI is InChI=1S/C10H8NO/c12-7-8-3-4-9-2-1-5-11-10(9)6-8/h1,3-6,12H,7H2. The fraction of sp³-hybridized carbons (Fsp3) is 0.100. The van der Waals surface area contributed by atoms with Crippen molar-refractivity contribution in [3.05, 3.63) is 42.1 Å². The molecule has 0 fully saturated rings. The number of rotatable bonds is 1. The molecular weight excluding hydrogens is 150 g/mol. The first-order valence-corrected chi connectivity index (χ1v) is 3.76. The first-order valence-electron chi connectivity index (χ1n) is 3.76. The van der Waals surface area contributed by atoms with Crippen molar-refractivity contribution in [2.45, 2.75) is 6.61 Å². The predicted molar refractivity (Wildman–Crippen MR) is 46.5 cm³/mol. The molecule has 2 aromatic rings. The van der Waals surface area contributed by atoms with Gasteiger partial charge in [0.05, 0.1) is 12.1 Å². The molecule has 2 nitrogen and oxygen atoms in total. The van der Waals surface area contributed by atoms with Crippen LogP contribution in [0.15, 0.2) is 30.5 Å². The van der Waals surface area contributed by atoms with Gasteiger partial charge >= 0.3 is 0 Å². The van der Waals surface area contributed by atoms with Gasteiger partial charge < -0.3 is 5.11 Å². The van der Waals surface area contributed by atoms with Crippen LogP contribution in [0.25, 0.3) is 10.9 Å². The first-order chi connectivity index (χ1) is 5.90. The number of fused-ring (bicyclic) bond motifs is 1. The number of aliphatic hydroxyl groups excluding tert-OH is 1. The molecule has 0 spiro atoms. The van der Waals surface area contributed by atoms with Gasteiger partial charge in [-0.2, -0.15) is 0 Å². The van der Waals surface area contributed by atoms with E-state index in [4.69, 9.17) is 5.11 Å². The molecule has 2 heteroatoms. The Labute approximate surface area is 70.5 Å². The van der Waals surface area contributed by atoms with Crippen molar-refractivity contribution in [2.24, 2.45) is 0 Å². The van der Waals surface area contributed by atoms with E-state index in [1.165, 1.54) is 0 Å². The van der Waals surface area contributed by atoms with E-state index in [-0.39, 0.29) is 6.61 Å². The average molecular weight is 158 g/mol. The Balaban J connectivity index is 2.67. The molecule has 0 atom stereocenters. The van der Waals surface area contributed by atoms with E-state index in [1.54, 1.807) is 12.3 Å². The fourth-order valence-corrected chi connectivity index (χ4v) is 1.15. The Kier molecular flexibility index (Phi) is 1.76. The smallest absolute Gasteiger partial charge is 0.0711 e. The molecule has 0 amide bonds. The molecule has 1 radical (unpaired) electrons. The van der Waals surface area contributed by atoms with Crippen molar-refractivity contribution >= 4 is 10.9 Å². The van der Waals surface area contributed by atoms with Gasteiger partial charge in [0.1, 0.15) is 0 Å². The molecule has 0 aliphatic rings. The number of hydrogen-bond acceptors (Lipinski definition) is 2. The van der Waals surface area contributed by atoms with Gasteiger partial charge in [-0.3, -0.25) is 4.98 Å². The number of nitrogens with zero attached hydrogens (tertiary/aromatic N) is 1. The first kappa shape index (κ1) is 7.25. The predicted octanol–water partition coefficient (Wildman–Crippen LogP) is 1.53. The zero-order valence-corrected chi connectivity index (χ0v) is 6.49. The molecule has 0 unspecified atom stereocenters. The summed E-state index contributed by atoms with van der Waals surface area (Å²) in [5, 5.41) is 9.84. The van der Waals surface area contributed by atoms with Crippen LogP contribution in [0.5, 0.6) is 0 Å². The van der Waals surface area contributed by atoms with Crippen molar-refractivity contribution in [1.29, 1.82) is 0 Å². The molecule has 1 heterocycles. The van der Waals surface area contributed by atoms with E-state index in [2.05, 4.69) is 11.1 Å². The van der Waals surface area contributed by atoms with Crippen LogP contribution in [0.2, 0.25) is 0 Å². The molecule has 59 valence electrons. The fourth-order valence-electron chi connectivity index (χ4n) is 1.15. The highest BCUT2D eigenvalue weighted by atomic mass is 16.3. The zero-order valence-electron chi connectivity index (χ0n) is 6.49. The topological polar surface area (TPSA) is 33.1 Å². The SMILES string of the molecule is OCc1ccc2[c]ccnc2c1. The lowest BCUT2D eigenvalue weighted by molar-refractivity contribution is 0.282. The Hall–Kier alpha value is -1.41. The van der Waals surface area contributed by atoms with Gasteiger partial charge in [0, 0.05) is 11.6 Å². The lowest BCUT2D eigenvalue weighted by atomic mass is 10.1. The van der Waals surface area contributed by atoms with Crippen molar-refractivity contribution in [3.63, 3.8) is 0 Å². The minimum absolute atomic E-state index is 0.0620. The van der Waals surface area contributed by atoms with Crippen LogP contribution >= 0.6 is 0 Å². The third kappa shape index (κ3) is 1.17. The van der Waals surface area contributed by atoms with E-state index in [1.807, 2.05) is 18.2 Å². The second kappa shape index (κ2) is 2.91. The van der Waals surface area contributed by atoms with Crippen LogP contribution in [-0.4, -0.2) is 10.1 Å². The average Bonchev–Trinajstić information content (AvgIpc) is 2.17. The number of benzene rings is 1. The lowest BCUT2D eigenvalue weighted by Gasteiger charge is -1.97. The molecule has 0 saturated heterocycles. The highest BCUT2D eigenvalue weighted by Gasteiger charge is 1.94. The third-order valence-electron chi connectivity index (χ3n) is 1.77. The summed E-state index contributed by atoms with van der Waals surface area (Å²) in [6.45, 7) is 0.0620. The molecule has 1 aromatic heterocycles. The number of aliphatic hydroxyl groups is 1. The van der Waals surface area contributed by atoms with Crippen LogP contribution in [0, 0.1) is 6.07 Å². The third-order valence-corrected chi connectivity index (χ3v) is 1.77. The summed E-state index contributed by atoms with van der Waals surface area (Å²) >= 11 is 0. The summed E-state index contributed by atoms with van der Waals surface area (Å²) in [4.78, 5) is 4.15. The minimum atomic E-state index is 0.0620. The minimum Gasteiger partial charge on any atom is -0.392 e. The summed E-state index contributed by atoms with van der Waals surface area (Å²) in [6, 6.07) is 10.5. The Bertz CT molecular complexity index is 398. The zero-order chi connectivity index (χ0) is 8.39. The Morgan fingerprint density at radius 3 is 3.17 bits per heavy atom. The summed E-state index contributed by atoms with van der Waals surface area (Å²) in [7, 11) is 0. The monoisotopic (exact) mass is 158 g/mol. The quantitative estimate of drug-likeness (QED) is 0.682. The molecular formula is C10H8NO. The maximum absolute atomic E-state index is 8.86. The second-order valence-electron chi connectivity index (χ2n) is 2.60. The van der Waals surface area contributed by atoms with Gasteiger partial charge in [-0.05, 0) is 23.8 Å². The van der Waals surface area contributed by atoms with Crippen molar-refractivity contribution in [2.75, 3.05) is 0 Å². The molecule has 12 heavy (non-hydrogen) atoms. The molecule has 1 aromatic carbocycles. The lowest BCUT2D eigenvalue weighted by Crippen LogP contribution is -1.84. The molecule has 0 saturated carbocycles. The van der Waals surface area contributed by atoms with Gasteiger partial charge in [0.15, 0.2) is 0 Å².